The minimum absolute atomic E-state index is 0.541. The van der Waals surface area contributed by atoms with Crippen molar-refractivity contribution in [3.8, 4) is 0 Å². The second-order valence-electron chi connectivity index (χ2n) is 2.94. The van der Waals surface area contributed by atoms with E-state index in [1.54, 1.807) is 0 Å². The molecule has 0 aliphatic heterocycles. The van der Waals surface area contributed by atoms with Crippen molar-refractivity contribution in [2.45, 2.75) is 6.18 Å². The number of hydrogen-bond donors (Lipinski definition) is 1. The van der Waals surface area contributed by atoms with Crippen LogP contribution in [0.25, 0.3) is 0 Å². The Morgan fingerprint density at radius 2 is 1.81 bits per heavy atom. The van der Waals surface area contributed by atoms with E-state index < -0.39 is 11.7 Å². The molecule has 2 aromatic rings. The van der Waals surface area contributed by atoms with E-state index in [1.165, 1.54) is 29.0 Å². The van der Waals surface area contributed by atoms with Crippen LogP contribution < -0.4 is 5.32 Å². The number of aromatic nitrogens is 2. The average Bonchev–Trinajstić information content (AvgIpc) is 2.70. The van der Waals surface area contributed by atoms with Crippen LogP contribution in [0.15, 0.2) is 29.8 Å². The van der Waals surface area contributed by atoms with Crippen molar-refractivity contribution in [1.29, 1.82) is 0 Å². The number of anilines is 2. The molecule has 7 heteroatoms. The normalized spacial score (nSPS) is 11.4. The van der Waals surface area contributed by atoms with Gasteiger partial charge in [0.05, 0.1) is 5.56 Å². The molecule has 0 saturated carbocycles. The highest BCUT2D eigenvalue weighted by molar-refractivity contribution is 7.13. The van der Waals surface area contributed by atoms with E-state index in [0.29, 0.717) is 10.8 Å². The lowest BCUT2D eigenvalue weighted by Crippen LogP contribution is -2.04. The standard InChI is InChI=1S/C9H6F3N3S/c10-9(11,12)6-1-3-7(4-2-6)14-8-15-13-5-16-8/h1-5H,(H,14,15). The molecule has 0 bridgehead atoms. The van der Waals surface area contributed by atoms with Gasteiger partial charge in [-0.2, -0.15) is 13.2 Å². The smallest absolute Gasteiger partial charge is 0.330 e. The van der Waals surface area contributed by atoms with Gasteiger partial charge in [0.25, 0.3) is 0 Å². The van der Waals surface area contributed by atoms with Gasteiger partial charge in [0, 0.05) is 5.69 Å². The van der Waals surface area contributed by atoms with Gasteiger partial charge >= 0.3 is 6.18 Å². The third-order valence-corrected chi connectivity index (χ3v) is 2.43. The molecule has 1 aromatic heterocycles. The summed E-state index contributed by atoms with van der Waals surface area (Å²) in [6.45, 7) is 0. The number of nitrogens with zero attached hydrogens (tertiary/aromatic N) is 2. The Kier molecular flexibility index (Phi) is 2.78. The first-order valence-corrected chi connectivity index (χ1v) is 5.14. The Labute approximate surface area is 92.9 Å². The third-order valence-electron chi connectivity index (χ3n) is 1.82. The van der Waals surface area contributed by atoms with Gasteiger partial charge in [0.15, 0.2) is 0 Å². The highest BCUT2D eigenvalue weighted by Crippen LogP contribution is 2.30. The fourth-order valence-electron chi connectivity index (χ4n) is 1.09. The van der Waals surface area contributed by atoms with Crippen LogP contribution >= 0.6 is 11.3 Å². The number of alkyl halides is 3. The topological polar surface area (TPSA) is 37.8 Å². The second kappa shape index (κ2) is 4.09. The van der Waals surface area contributed by atoms with E-state index in [-0.39, 0.29) is 0 Å². The summed E-state index contributed by atoms with van der Waals surface area (Å²) in [5, 5.41) is 10.7. The Bertz CT molecular complexity index is 450. The van der Waals surface area contributed by atoms with Crippen LogP contribution in [0.2, 0.25) is 0 Å². The lowest BCUT2D eigenvalue weighted by Gasteiger charge is -2.07. The average molecular weight is 245 g/mol. The molecule has 16 heavy (non-hydrogen) atoms. The maximum Gasteiger partial charge on any atom is 0.416 e. The second-order valence-corrected chi connectivity index (χ2v) is 3.78. The molecule has 1 heterocycles. The Morgan fingerprint density at radius 3 is 2.31 bits per heavy atom. The first-order chi connectivity index (χ1) is 7.55. The van der Waals surface area contributed by atoms with E-state index in [1.807, 2.05) is 0 Å². The summed E-state index contributed by atoms with van der Waals surface area (Å²) < 4.78 is 36.8. The predicted octanol–water partition coefficient (Wildman–Crippen LogP) is 3.30. The molecule has 0 aliphatic rings. The predicted molar refractivity (Wildman–Crippen MR) is 54.6 cm³/mol. The number of benzene rings is 1. The van der Waals surface area contributed by atoms with Crippen molar-refractivity contribution in [2.24, 2.45) is 0 Å². The van der Waals surface area contributed by atoms with Crippen LogP contribution in [-0.4, -0.2) is 10.2 Å². The Balaban J connectivity index is 2.14. The van der Waals surface area contributed by atoms with Gasteiger partial charge in [0.2, 0.25) is 5.13 Å². The molecule has 84 valence electrons. The van der Waals surface area contributed by atoms with Gasteiger partial charge in [-0.05, 0) is 24.3 Å². The molecule has 0 fully saturated rings. The third kappa shape index (κ3) is 2.48. The molecule has 1 aromatic carbocycles. The molecule has 0 unspecified atom stereocenters. The molecule has 0 saturated heterocycles. The van der Waals surface area contributed by atoms with E-state index in [4.69, 9.17) is 0 Å². The molecule has 0 amide bonds. The number of nitrogens with one attached hydrogen (secondary N) is 1. The highest BCUT2D eigenvalue weighted by Gasteiger charge is 2.29. The summed E-state index contributed by atoms with van der Waals surface area (Å²) in [6.07, 6.45) is -4.30. The van der Waals surface area contributed by atoms with Crippen molar-refractivity contribution in [2.75, 3.05) is 5.32 Å². The van der Waals surface area contributed by atoms with Crippen LogP contribution in [-0.2, 0) is 6.18 Å². The quantitative estimate of drug-likeness (QED) is 0.882. The van der Waals surface area contributed by atoms with Gasteiger partial charge in [-0.3, -0.25) is 0 Å². The van der Waals surface area contributed by atoms with Crippen molar-refractivity contribution in [1.82, 2.24) is 10.2 Å². The largest absolute Gasteiger partial charge is 0.416 e. The summed E-state index contributed by atoms with van der Waals surface area (Å²) in [6, 6.07) is 4.74. The molecular formula is C9H6F3N3S. The lowest BCUT2D eigenvalue weighted by atomic mass is 10.2. The number of rotatable bonds is 2. The van der Waals surface area contributed by atoms with Crippen molar-refractivity contribution >= 4 is 22.2 Å². The summed E-state index contributed by atoms with van der Waals surface area (Å²) in [4.78, 5) is 0. The first kappa shape index (κ1) is 10.9. The van der Waals surface area contributed by atoms with Gasteiger partial charge in [-0.25, -0.2) is 0 Å². The maximum absolute atomic E-state index is 12.3. The molecule has 0 aliphatic carbocycles. The van der Waals surface area contributed by atoms with Crippen LogP contribution in [0.1, 0.15) is 5.56 Å². The summed E-state index contributed by atoms with van der Waals surface area (Å²) in [5.74, 6) is 0. The summed E-state index contributed by atoms with van der Waals surface area (Å²) >= 11 is 1.27. The summed E-state index contributed by atoms with van der Waals surface area (Å²) in [7, 11) is 0. The number of halogens is 3. The van der Waals surface area contributed by atoms with Gasteiger partial charge in [-0.1, -0.05) is 11.3 Å². The Hall–Kier alpha value is -1.63. The minimum Gasteiger partial charge on any atom is -0.330 e. The molecule has 2 rings (SSSR count). The lowest BCUT2D eigenvalue weighted by molar-refractivity contribution is -0.137. The molecular weight excluding hydrogens is 239 g/mol. The number of hydrogen-bond acceptors (Lipinski definition) is 4. The van der Waals surface area contributed by atoms with E-state index in [0.717, 1.165) is 12.1 Å². The van der Waals surface area contributed by atoms with E-state index >= 15 is 0 Å². The van der Waals surface area contributed by atoms with Gasteiger partial charge in [0.1, 0.15) is 5.51 Å². The van der Waals surface area contributed by atoms with Crippen LogP contribution in [0.4, 0.5) is 24.0 Å². The van der Waals surface area contributed by atoms with Crippen molar-refractivity contribution < 1.29 is 13.2 Å². The molecule has 0 spiro atoms. The minimum atomic E-state index is -4.30. The monoisotopic (exact) mass is 245 g/mol. The fraction of sp³-hybridized carbons (Fsp3) is 0.111. The zero-order valence-electron chi connectivity index (χ0n) is 7.82. The maximum atomic E-state index is 12.3. The first-order valence-electron chi connectivity index (χ1n) is 4.26. The molecule has 0 atom stereocenters. The zero-order chi connectivity index (χ0) is 11.6. The fourth-order valence-corrected chi connectivity index (χ4v) is 1.56. The summed E-state index contributed by atoms with van der Waals surface area (Å²) in [5.41, 5.74) is 1.41. The highest BCUT2D eigenvalue weighted by atomic mass is 32.1. The van der Waals surface area contributed by atoms with Gasteiger partial charge in [-0.15, -0.1) is 10.2 Å². The van der Waals surface area contributed by atoms with Gasteiger partial charge < -0.3 is 5.32 Å². The Morgan fingerprint density at radius 1 is 1.12 bits per heavy atom. The van der Waals surface area contributed by atoms with E-state index in [2.05, 4.69) is 15.5 Å². The van der Waals surface area contributed by atoms with Crippen molar-refractivity contribution in [3.05, 3.63) is 35.3 Å². The van der Waals surface area contributed by atoms with Crippen LogP contribution in [0.5, 0.6) is 0 Å². The zero-order valence-corrected chi connectivity index (χ0v) is 8.64. The van der Waals surface area contributed by atoms with Crippen LogP contribution in [0.3, 0.4) is 0 Å². The van der Waals surface area contributed by atoms with Crippen LogP contribution in [0, 0.1) is 0 Å². The molecule has 0 radical (unpaired) electrons. The van der Waals surface area contributed by atoms with E-state index in [9.17, 15) is 13.2 Å². The van der Waals surface area contributed by atoms with Crippen molar-refractivity contribution in [3.63, 3.8) is 0 Å². The SMILES string of the molecule is FC(F)(F)c1ccc(Nc2nncs2)cc1. The molecule has 3 nitrogen and oxygen atoms in total. The molecule has 1 N–H and O–H groups in total.